The molecule has 2 aromatic rings. The van der Waals surface area contributed by atoms with Crippen LogP contribution in [-0.2, 0) is 11.3 Å². The zero-order valence-corrected chi connectivity index (χ0v) is 17.8. The number of hydrogen-bond acceptors (Lipinski definition) is 8. The number of nitrogens with zero attached hydrogens (tertiary/aromatic N) is 3. The highest BCUT2D eigenvalue weighted by atomic mass is 16.5. The molecule has 32 heavy (non-hydrogen) atoms. The summed E-state index contributed by atoms with van der Waals surface area (Å²) in [5.41, 5.74) is 11.2. The lowest BCUT2D eigenvalue weighted by Crippen LogP contribution is -2.25. The van der Waals surface area contributed by atoms with E-state index in [4.69, 9.17) is 15.7 Å². The summed E-state index contributed by atoms with van der Waals surface area (Å²) in [7, 11) is 0. The first-order valence-electron chi connectivity index (χ1n) is 10.5. The van der Waals surface area contributed by atoms with Crippen molar-refractivity contribution in [1.29, 1.82) is 5.26 Å². The number of carbonyl (C=O) groups is 1. The lowest BCUT2D eigenvalue weighted by molar-refractivity contribution is 0.0534. The minimum atomic E-state index is -0.717. The molecular formula is C24H25N5O3. The van der Waals surface area contributed by atoms with Crippen molar-refractivity contribution in [3.05, 3.63) is 69.5 Å². The fourth-order valence-electron chi connectivity index (χ4n) is 3.88. The Bertz CT molecular complexity index is 1150. The van der Waals surface area contributed by atoms with Crippen LogP contribution in [0.4, 0.5) is 5.82 Å². The molecule has 164 valence electrons. The standard InChI is InChI=1S/C24H25N5O3/c1-14-6-22(29-11-17(14)8-26)28-10-15(7-25)9-27-12-21(30)19-5-4-18-20(13-32-24(18)31)23(19)16-2-3-16/h4-7,10-11,16,21,27,30H,2-3,9,12-13,25H2,1H3. The van der Waals surface area contributed by atoms with Gasteiger partial charge in [-0.25, -0.2) is 14.8 Å². The third kappa shape index (κ3) is 4.54. The van der Waals surface area contributed by atoms with Gasteiger partial charge < -0.3 is 20.9 Å². The first-order chi connectivity index (χ1) is 15.5. The molecule has 1 aliphatic carbocycles. The van der Waals surface area contributed by atoms with Gasteiger partial charge in [0.05, 0.1) is 17.2 Å². The minimum Gasteiger partial charge on any atom is -0.457 e. The quantitative estimate of drug-likeness (QED) is 0.432. The van der Waals surface area contributed by atoms with Crippen LogP contribution in [0.1, 0.15) is 63.0 Å². The molecule has 0 radical (unpaired) electrons. The number of ether oxygens (including phenoxy) is 1. The number of cyclic esters (lactones) is 1. The second-order valence-electron chi connectivity index (χ2n) is 8.06. The highest BCUT2D eigenvalue weighted by molar-refractivity contribution is 5.94. The Balaban J connectivity index is 1.38. The third-order valence-electron chi connectivity index (χ3n) is 5.76. The fraction of sp³-hybridized carbons (Fsp3) is 0.333. The highest BCUT2D eigenvalue weighted by Crippen LogP contribution is 2.46. The van der Waals surface area contributed by atoms with E-state index >= 15 is 0 Å². The summed E-state index contributed by atoms with van der Waals surface area (Å²) in [6, 6.07) is 7.40. The van der Waals surface area contributed by atoms with E-state index in [2.05, 4.69) is 21.4 Å². The third-order valence-corrected chi connectivity index (χ3v) is 5.76. The Morgan fingerprint density at radius 1 is 1.50 bits per heavy atom. The van der Waals surface area contributed by atoms with E-state index in [9.17, 15) is 9.90 Å². The van der Waals surface area contributed by atoms with Gasteiger partial charge in [-0.15, -0.1) is 0 Å². The van der Waals surface area contributed by atoms with Gasteiger partial charge in [0.2, 0.25) is 0 Å². The van der Waals surface area contributed by atoms with E-state index in [0.717, 1.165) is 40.7 Å². The number of nitrogens with two attached hydrogens (primary N) is 1. The predicted molar refractivity (Wildman–Crippen MR) is 119 cm³/mol. The summed E-state index contributed by atoms with van der Waals surface area (Å²) in [5, 5.41) is 23.0. The number of aliphatic imine (C=N–C) groups is 1. The number of carbonyl (C=O) groups excluding carboxylic acids is 1. The molecule has 1 aliphatic heterocycles. The maximum atomic E-state index is 11.9. The normalized spacial score (nSPS) is 16.7. The summed E-state index contributed by atoms with van der Waals surface area (Å²) >= 11 is 0. The summed E-state index contributed by atoms with van der Waals surface area (Å²) in [5.74, 6) is 0.592. The number of aromatic nitrogens is 1. The van der Waals surface area contributed by atoms with Crippen molar-refractivity contribution in [2.75, 3.05) is 13.1 Å². The molecule has 0 amide bonds. The van der Waals surface area contributed by atoms with Crippen LogP contribution in [-0.4, -0.2) is 35.4 Å². The molecule has 4 N–H and O–H groups in total. The van der Waals surface area contributed by atoms with Crippen LogP contribution in [0.25, 0.3) is 0 Å². The second-order valence-corrected chi connectivity index (χ2v) is 8.06. The second kappa shape index (κ2) is 9.30. The summed E-state index contributed by atoms with van der Waals surface area (Å²) < 4.78 is 5.19. The number of nitriles is 1. The molecule has 0 bridgehead atoms. The zero-order valence-electron chi connectivity index (χ0n) is 17.8. The molecule has 0 saturated heterocycles. The molecule has 2 heterocycles. The first-order valence-corrected chi connectivity index (χ1v) is 10.5. The number of aliphatic hydroxyl groups is 1. The lowest BCUT2D eigenvalue weighted by Gasteiger charge is -2.18. The smallest absolute Gasteiger partial charge is 0.338 e. The number of pyridine rings is 1. The molecule has 1 fully saturated rings. The van der Waals surface area contributed by atoms with Gasteiger partial charge in [-0.2, -0.15) is 5.26 Å². The SMILES string of the molecule is Cc1cc(N=CC(=CN)CNCC(O)c2ccc3c(c2C2CC2)COC3=O)ncc1C#N. The van der Waals surface area contributed by atoms with Crippen LogP contribution in [0.3, 0.4) is 0 Å². The Kier molecular flexibility index (Phi) is 6.30. The van der Waals surface area contributed by atoms with Crippen LogP contribution < -0.4 is 11.1 Å². The van der Waals surface area contributed by atoms with Crippen LogP contribution in [0, 0.1) is 18.3 Å². The monoisotopic (exact) mass is 431 g/mol. The Hall–Kier alpha value is -3.54. The number of hydrogen-bond donors (Lipinski definition) is 3. The van der Waals surface area contributed by atoms with Crippen LogP contribution in [0.5, 0.6) is 0 Å². The van der Waals surface area contributed by atoms with Crippen molar-refractivity contribution in [3.8, 4) is 6.07 Å². The molecule has 2 aliphatic rings. The van der Waals surface area contributed by atoms with E-state index < -0.39 is 6.10 Å². The fourth-order valence-corrected chi connectivity index (χ4v) is 3.88. The molecule has 0 spiro atoms. The Morgan fingerprint density at radius 2 is 2.31 bits per heavy atom. The molecular weight excluding hydrogens is 406 g/mol. The predicted octanol–water partition coefficient (Wildman–Crippen LogP) is 2.68. The van der Waals surface area contributed by atoms with Crippen molar-refractivity contribution in [3.63, 3.8) is 0 Å². The Labute approximate surface area is 186 Å². The topological polar surface area (TPSA) is 134 Å². The zero-order chi connectivity index (χ0) is 22.7. The van der Waals surface area contributed by atoms with E-state index in [1.807, 2.05) is 13.0 Å². The van der Waals surface area contributed by atoms with Crippen molar-refractivity contribution < 1.29 is 14.6 Å². The maximum absolute atomic E-state index is 11.9. The van der Waals surface area contributed by atoms with Crippen LogP contribution >= 0.6 is 0 Å². The van der Waals surface area contributed by atoms with E-state index in [1.54, 1.807) is 18.3 Å². The van der Waals surface area contributed by atoms with Gasteiger partial charge in [-0.1, -0.05) is 6.07 Å². The molecule has 1 unspecified atom stereocenters. The summed E-state index contributed by atoms with van der Waals surface area (Å²) in [6.45, 7) is 2.86. The molecule has 1 atom stereocenters. The van der Waals surface area contributed by atoms with Gasteiger partial charge in [0.15, 0.2) is 5.82 Å². The maximum Gasteiger partial charge on any atom is 0.338 e. The van der Waals surface area contributed by atoms with Gasteiger partial charge in [-0.05, 0) is 66.3 Å². The molecule has 1 aromatic heterocycles. The average molecular weight is 431 g/mol. The number of nitrogens with one attached hydrogen (secondary N) is 1. The van der Waals surface area contributed by atoms with Crippen molar-refractivity contribution in [2.24, 2.45) is 10.7 Å². The van der Waals surface area contributed by atoms with E-state index in [0.29, 0.717) is 36.0 Å². The molecule has 4 rings (SSSR count). The van der Waals surface area contributed by atoms with Crippen LogP contribution in [0.2, 0.25) is 0 Å². The van der Waals surface area contributed by atoms with Crippen molar-refractivity contribution in [2.45, 2.75) is 38.4 Å². The van der Waals surface area contributed by atoms with E-state index in [1.165, 1.54) is 12.4 Å². The lowest BCUT2D eigenvalue weighted by atomic mass is 9.91. The first kappa shape index (κ1) is 21.7. The van der Waals surface area contributed by atoms with Gasteiger partial charge in [0.1, 0.15) is 12.7 Å². The van der Waals surface area contributed by atoms with Crippen molar-refractivity contribution in [1.82, 2.24) is 10.3 Å². The van der Waals surface area contributed by atoms with Gasteiger partial charge >= 0.3 is 5.97 Å². The van der Waals surface area contributed by atoms with E-state index in [-0.39, 0.29) is 12.6 Å². The number of aryl methyl sites for hydroxylation is 1. The molecule has 8 nitrogen and oxygen atoms in total. The number of aliphatic hydroxyl groups excluding tert-OH is 1. The highest BCUT2D eigenvalue weighted by Gasteiger charge is 2.35. The molecule has 8 heteroatoms. The average Bonchev–Trinajstić information content (AvgIpc) is 3.57. The number of esters is 1. The Morgan fingerprint density at radius 3 is 3.00 bits per heavy atom. The van der Waals surface area contributed by atoms with Gasteiger partial charge in [0.25, 0.3) is 0 Å². The number of fused-ring (bicyclic) bond motifs is 1. The number of benzene rings is 1. The van der Waals surface area contributed by atoms with Crippen molar-refractivity contribution >= 4 is 18.0 Å². The minimum absolute atomic E-state index is 0.285. The molecule has 1 aromatic carbocycles. The van der Waals surface area contributed by atoms with Crippen LogP contribution in [0.15, 0.2) is 41.2 Å². The largest absolute Gasteiger partial charge is 0.457 e. The number of rotatable bonds is 8. The summed E-state index contributed by atoms with van der Waals surface area (Å²) in [6.07, 6.45) is 5.98. The molecule has 1 saturated carbocycles. The van der Waals surface area contributed by atoms with Gasteiger partial charge in [-0.3, -0.25) is 0 Å². The van der Waals surface area contributed by atoms with Gasteiger partial charge in [0, 0.05) is 31.1 Å². The summed E-state index contributed by atoms with van der Waals surface area (Å²) in [4.78, 5) is 20.4.